The number of carboxylic acids is 1. The van der Waals surface area contributed by atoms with E-state index in [1.807, 2.05) is 13.0 Å². The normalized spacial score (nSPS) is 21.4. The van der Waals surface area contributed by atoms with Crippen molar-refractivity contribution in [1.29, 1.82) is 0 Å². The van der Waals surface area contributed by atoms with E-state index < -0.39 is 12.0 Å². The molecule has 3 N–H and O–H groups in total. The largest absolute Gasteiger partial charge is 0.480 e. The van der Waals surface area contributed by atoms with E-state index in [0.29, 0.717) is 13.0 Å². The molecular weight excluding hydrogens is 322 g/mol. The van der Waals surface area contributed by atoms with Crippen LogP contribution in [-0.2, 0) is 9.59 Å². The lowest BCUT2D eigenvalue weighted by molar-refractivity contribution is -0.154. The highest BCUT2D eigenvalue weighted by Crippen LogP contribution is 2.41. The van der Waals surface area contributed by atoms with E-state index in [1.54, 1.807) is 6.92 Å². The van der Waals surface area contributed by atoms with Crippen LogP contribution in [0.15, 0.2) is 6.07 Å². The third kappa shape index (κ3) is 3.52. The fourth-order valence-corrected chi connectivity index (χ4v) is 3.89. The predicted octanol–water partition coefficient (Wildman–Crippen LogP) is 1.05. The molecule has 1 amide bonds. The van der Waals surface area contributed by atoms with Crippen LogP contribution in [0.4, 0.5) is 11.8 Å². The number of nitrogen functional groups attached to an aromatic ring is 1. The van der Waals surface area contributed by atoms with Crippen molar-refractivity contribution in [2.24, 2.45) is 5.41 Å². The summed E-state index contributed by atoms with van der Waals surface area (Å²) >= 11 is 0. The van der Waals surface area contributed by atoms with E-state index in [-0.39, 0.29) is 17.3 Å². The molecule has 8 nitrogen and oxygen atoms in total. The van der Waals surface area contributed by atoms with Gasteiger partial charge in [-0.2, -0.15) is 4.98 Å². The molecule has 1 spiro atoms. The Labute approximate surface area is 147 Å². The number of hydrogen-bond donors (Lipinski definition) is 2. The first-order valence-corrected chi connectivity index (χ1v) is 8.68. The third-order valence-electron chi connectivity index (χ3n) is 5.53. The molecule has 3 heterocycles. The van der Waals surface area contributed by atoms with Crippen molar-refractivity contribution in [2.45, 2.75) is 45.6 Å². The number of rotatable bonds is 3. The molecule has 2 saturated heterocycles. The van der Waals surface area contributed by atoms with Gasteiger partial charge in [0.05, 0.1) is 0 Å². The Balaban J connectivity index is 1.70. The summed E-state index contributed by atoms with van der Waals surface area (Å²) in [6.07, 6.45) is 3.07. The molecule has 2 aliphatic rings. The van der Waals surface area contributed by atoms with Crippen LogP contribution in [-0.4, -0.2) is 57.5 Å². The van der Waals surface area contributed by atoms with Gasteiger partial charge in [0.2, 0.25) is 11.9 Å². The Bertz CT molecular complexity index is 665. The van der Waals surface area contributed by atoms with Gasteiger partial charge in [0, 0.05) is 37.8 Å². The van der Waals surface area contributed by atoms with Crippen LogP contribution in [0.3, 0.4) is 0 Å². The highest BCUT2D eigenvalue weighted by molar-refractivity contribution is 5.84. The van der Waals surface area contributed by atoms with E-state index in [2.05, 4.69) is 14.9 Å². The lowest BCUT2D eigenvalue weighted by atomic mass is 9.72. The smallest absolute Gasteiger partial charge is 0.326 e. The second kappa shape index (κ2) is 6.50. The second-order valence-corrected chi connectivity index (χ2v) is 7.25. The zero-order valence-corrected chi connectivity index (χ0v) is 14.7. The van der Waals surface area contributed by atoms with E-state index in [1.165, 1.54) is 4.90 Å². The number of aryl methyl sites for hydroxylation is 1. The van der Waals surface area contributed by atoms with Gasteiger partial charge in [-0.05, 0) is 38.5 Å². The third-order valence-corrected chi connectivity index (χ3v) is 5.53. The summed E-state index contributed by atoms with van der Waals surface area (Å²) in [5.74, 6) is 0.111. The van der Waals surface area contributed by atoms with Crippen LogP contribution in [0, 0.1) is 12.3 Å². The molecule has 0 radical (unpaired) electrons. The minimum absolute atomic E-state index is 0.00173. The van der Waals surface area contributed by atoms with Crippen molar-refractivity contribution in [2.75, 3.05) is 30.3 Å². The highest BCUT2D eigenvalue weighted by atomic mass is 16.4. The van der Waals surface area contributed by atoms with Gasteiger partial charge in [-0.15, -0.1) is 0 Å². The summed E-state index contributed by atoms with van der Waals surface area (Å²) in [6.45, 7) is 5.64. The predicted molar refractivity (Wildman–Crippen MR) is 93.1 cm³/mol. The van der Waals surface area contributed by atoms with Crippen molar-refractivity contribution < 1.29 is 14.7 Å². The zero-order valence-electron chi connectivity index (χ0n) is 14.7. The Morgan fingerprint density at radius 1 is 1.32 bits per heavy atom. The second-order valence-electron chi connectivity index (χ2n) is 7.25. The minimum atomic E-state index is -0.949. The first-order valence-electron chi connectivity index (χ1n) is 8.68. The molecular formula is C17H25N5O3. The maximum atomic E-state index is 12.1. The van der Waals surface area contributed by atoms with E-state index in [0.717, 1.165) is 43.9 Å². The van der Waals surface area contributed by atoms with Crippen molar-refractivity contribution in [1.82, 2.24) is 14.9 Å². The Morgan fingerprint density at radius 3 is 2.60 bits per heavy atom. The average molecular weight is 347 g/mol. The van der Waals surface area contributed by atoms with Crippen molar-refractivity contribution >= 4 is 23.6 Å². The fraction of sp³-hybridized carbons (Fsp3) is 0.647. The number of anilines is 2. The molecule has 25 heavy (non-hydrogen) atoms. The van der Waals surface area contributed by atoms with Gasteiger partial charge < -0.3 is 20.6 Å². The van der Waals surface area contributed by atoms with E-state index in [4.69, 9.17) is 5.73 Å². The first-order chi connectivity index (χ1) is 11.8. The van der Waals surface area contributed by atoms with Gasteiger partial charge in [0.25, 0.3) is 0 Å². The Morgan fingerprint density at radius 2 is 2.00 bits per heavy atom. The summed E-state index contributed by atoms with van der Waals surface area (Å²) in [5.41, 5.74) is 6.59. The molecule has 1 aromatic rings. The number of aromatic nitrogens is 2. The number of likely N-dealkylation sites (tertiary alicyclic amines) is 1. The quantitative estimate of drug-likeness (QED) is 0.840. The van der Waals surface area contributed by atoms with Crippen LogP contribution in [0.5, 0.6) is 0 Å². The topological polar surface area (TPSA) is 113 Å². The van der Waals surface area contributed by atoms with E-state index in [9.17, 15) is 14.7 Å². The molecule has 0 saturated carbocycles. The van der Waals surface area contributed by atoms with E-state index >= 15 is 0 Å². The van der Waals surface area contributed by atoms with Crippen LogP contribution < -0.4 is 10.6 Å². The van der Waals surface area contributed by atoms with Gasteiger partial charge in [-0.25, -0.2) is 9.78 Å². The number of nitrogens with zero attached hydrogens (tertiary/aromatic N) is 4. The van der Waals surface area contributed by atoms with Gasteiger partial charge in [0.15, 0.2) is 0 Å². The minimum Gasteiger partial charge on any atom is -0.480 e. The highest BCUT2D eigenvalue weighted by Gasteiger charge is 2.43. The van der Waals surface area contributed by atoms with Crippen LogP contribution in [0.2, 0.25) is 0 Å². The molecule has 3 rings (SSSR count). The molecule has 1 aromatic heterocycles. The lowest BCUT2D eigenvalue weighted by Crippen LogP contribution is -2.55. The lowest BCUT2D eigenvalue weighted by Gasteiger charge is -2.48. The van der Waals surface area contributed by atoms with Gasteiger partial charge >= 0.3 is 5.97 Å². The van der Waals surface area contributed by atoms with Crippen molar-refractivity contribution in [3.05, 3.63) is 11.8 Å². The molecule has 2 aliphatic heterocycles. The SMILES string of the molecule is Cc1cc(N2CCC3(CCC(=O)N(C(C)C(=O)O)C3)CC2)nc(N)n1. The van der Waals surface area contributed by atoms with Crippen LogP contribution >= 0.6 is 0 Å². The van der Waals surface area contributed by atoms with Gasteiger partial charge in [-0.3, -0.25) is 4.79 Å². The van der Waals surface area contributed by atoms with Crippen molar-refractivity contribution in [3.8, 4) is 0 Å². The van der Waals surface area contributed by atoms with Gasteiger partial charge in [0.1, 0.15) is 11.9 Å². The number of carbonyl (C=O) groups excluding carboxylic acids is 1. The molecule has 0 aromatic carbocycles. The summed E-state index contributed by atoms with van der Waals surface area (Å²) in [6, 6.07) is 1.16. The number of carboxylic acid groups (broad SMARTS) is 1. The number of carbonyl (C=O) groups is 2. The number of nitrogens with two attached hydrogens (primary N) is 1. The first kappa shape index (κ1) is 17.4. The molecule has 1 unspecified atom stereocenters. The monoisotopic (exact) mass is 347 g/mol. The summed E-state index contributed by atoms with van der Waals surface area (Å²) in [4.78, 5) is 35.6. The maximum Gasteiger partial charge on any atom is 0.326 e. The molecule has 0 bridgehead atoms. The zero-order chi connectivity index (χ0) is 18.2. The van der Waals surface area contributed by atoms with Gasteiger partial charge in [-0.1, -0.05) is 0 Å². The summed E-state index contributed by atoms with van der Waals surface area (Å²) < 4.78 is 0. The number of hydrogen-bond acceptors (Lipinski definition) is 6. The Kier molecular flexibility index (Phi) is 4.53. The summed E-state index contributed by atoms with van der Waals surface area (Å²) in [5, 5.41) is 9.25. The number of piperidine rings is 2. The Hall–Kier alpha value is -2.38. The molecule has 8 heteroatoms. The molecule has 1 atom stereocenters. The standard InChI is InChI=1S/C17H25N5O3/c1-11-9-13(20-16(18)19-11)21-7-5-17(6-8-21)4-3-14(23)22(10-17)12(2)15(24)25/h9,12H,3-8,10H2,1-2H3,(H,24,25)(H2,18,19,20). The molecule has 136 valence electrons. The maximum absolute atomic E-state index is 12.1. The fourth-order valence-electron chi connectivity index (χ4n) is 3.89. The average Bonchev–Trinajstić information content (AvgIpc) is 2.56. The van der Waals surface area contributed by atoms with Crippen molar-refractivity contribution in [3.63, 3.8) is 0 Å². The molecule has 0 aliphatic carbocycles. The number of aliphatic carboxylic acids is 1. The van der Waals surface area contributed by atoms with Crippen LogP contribution in [0.1, 0.15) is 38.3 Å². The molecule has 2 fully saturated rings. The van der Waals surface area contributed by atoms with Crippen LogP contribution in [0.25, 0.3) is 0 Å². The summed E-state index contributed by atoms with van der Waals surface area (Å²) in [7, 11) is 0. The number of amides is 1.